The number of aromatic nitrogens is 2. The highest BCUT2D eigenvalue weighted by Crippen LogP contribution is 2.32. The molecule has 2 aromatic heterocycles. The molecule has 1 saturated heterocycles. The summed E-state index contributed by atoms with van der Waals surface area (Å²) in [5.74, 6) is 1.32. The summed E-state index contributed by atoms with van der Waals surface area (Å²) in [6.45, 7) is 12.3. The summed E-state index contributed by atoms with van der Waals surface area (Å²) in [6, 6.07) is 5.82. The molecule has 158 valence electrons. The van der Waals surface area contributed by atoms with Crippen molar-refractivity contribution in [3.63, 3.8) is 0 Å². The zero-order valence-corrected chi connectivity index (χ0v) is 18.7. The van der Waals surface area contributed by atoms with Crippen LogP contribution in [0.2, 0.25) is 0 Å². The summed E-state index contributed by atoms with van der Waals surface area (Å²) in [5.41, 5.74) is 2.74. The molecule has 1 amide bonds. The highest BCUT2D eigenvalue weighted by molar-refractivity contribution is 7.97. The van der Waals surface area contributed by atoms with Crippen LogP contribution in [-0.2, 0) is 13.1 Å². The van der Waals surface area contributed by atoms with Crippen LogP contribution in [0.4, 0.5) is 0 Å². The van der Waals surface area contributed by atoms with Gasteiger partial charge in [0.1, 0.15) is 5.69 Å². The standard InChI is InChI=1S/C22H32N4O2S/c1-5-26-17(4)20(29-25-12-9-16(3)10-13-25)14-19(26)21(27)24-15-18-8-7-11-23-22(18)28-6-2/h7-8,11,14,16H,5-6,9-10,12-13,15H2,1-4H3,(H,24,27). The Morgan fingerprint density at radius 1 is 1.34 bits per heavy atom. The van der Waals surface area contributed by atoms with Crippen molar-refractivity contribution in [2.24, 2.45) is 5.92 Å². The third-order valence-electron chi connectivity index (χ3n) is 5.41. The molecule has 1 fully saturated rings. The number of ether oxygens (including phenoxy) is 1. The zero-order chi connectivity index (χ0) is 20.8. The molecule has 7 heteroatoms. The van der Waals surface area contributed by atoms with Crippen LogP contribution in [0.1, 0.15) is 55.4 Å². The minimum absolute atomic E-state index is 0.0691. The van der Waals surface area contributed by atoms with Crippen molar-refractivity contribution in [2.75, 3.05) is 19.7 Å². The van der Waals surface area contributed by atoms with Gasteiger partial charge in [-0.1, -0.05) is 13.0 Å². The van der Waals surface area contributed by atoms with Crippen molar-refractivity contribution in [3.05, 3.63) is 41.3 Å². The highest BCUT2D eigenvalue weighted by atomic mass is 32.2. The number of pyridine rings is 1. The molecule has 0 aromatic carbocycles. The third-order valence-corrected chi connectivity index (χ3v) is 6.64. The van der Waals surface area contributed by atoms with Gasteiger partial charge in [-0.2, -0.15) is 0 Å². The molecule has 29 heavy (non-hydrogen) atoms. The Morgan fingerprint density at radius 3 is 2.79 bits per heavy atom. The van der Waals surface area contributed by atoms with E-state index in [1.165, 1.54) is 17.7 Å². The molecule has 0 unspecified atom stereocenters. The second kappa shape index (κ2) is 10.2. The maximum Gasteiger partial charge on any atom is 0.268 e. The lowest BCUT2D eigenvalue weighted by Crippen LogP contribution is -2.27. The van der Waals surface area contributed by atoms with Gasteiger partial charge in [-0.3, -0.25) is 4.79 Å². The lowest BCUT2D eigenvalue weighted by atomic mass is 10.0. The van der Waals surface area contributed by atoms with Crippen LogP contribution in [0.15, 0.2) is 29.3 Å². The van der Waals surface area contributed by atoms with E-state index in [2.05, 4.69) is 39.9 Å². The third kappa shape index (κ3) is 5.34. The summed E-state index contributed by atoms with van der Waals surface area (Å²) < 4.78 is 10.1. The Morgan fingerprint density at radius 2 is 2.10 bits per heavy atom. The molecule has 1 aliphatic rings. The average molecular weight is 417 g/mol. The van der Waals surface area contributed by atoms with E-state index >= 15 is 0 Å². The Balaban J connectivity index is 1.70. The maximum atomic E-state index is 13.0. The van der Waals surface area contributed by atoms with Crippen LogP contribution in [0, 0.1) is 12.8 Å². The van der Waals surface area contributed by atoms with Crippen LogP contribution in [0.3, 0.4) is 0 Å². The van der Waals surface area contributed by atoms with E-state index in [9.17, 15) is 4.79 Å². The molecule has 0 radical (unpaired) electrons. The summed E-state index contributed by atoms with van der Waals surface area (Å²) in [5, 5.41) is 3.04. The molecule has 0 spiro atoms. The minimum Gasteiger partial charge on any atom is -0.478 e. The first-order valence-corrected chi connectivity index (χ1v) is 11.3. The summed E-state index contributed by atoms with van der Waals surface area (Å²) in [6.07, 6.45) is 4.18. The Kier molecular flexibility index (Phi) is 7.61. The number of nitrogens with zero attached hydrogens (tertiary/aromatic N) is 3. The van der Waals surface area contributed by atoms with Crippen molar-refractivity contribution in [1.82, 2.24) is 19.2 Å². The molecule has 0 bridgehead atoms. The predicted octanol–water partition coefficient (Wildman–Crippen LogP) is 4.28. The van der Waals surface area contributed by atoms with Crippen LogP contribution >= 0.6 is 11.9 Å². The lowest BCUT2D eigenvalue weighted by Gasteiger charge is -2.28. The smallest absolute Gasteiger partial charge is 0.268 e. The molecule has 0 aliphatic carbocycles. The van der Waals surface area contributed by atoms with Gasteiger partial charge in [0.2, 0.25) is 5.88 Å². The number of hydrogen-bond donors (Lipinski definition) is 1. The number of amides is 1. The molecule has 3 heterocycles. The fraction of sp³-hybridized carbons (Fsp3) is 0.545. The zero-order valence-electron chi connectivity index (χ0n) is 17.9. The van der Waals surface area contributed by atoms with Gasteiger partial charge < -0.3 is 14.6 Å². The molecular formula is C22H32N4O2S. The van der Waals surface area contributed by atoms with E-state index in [0.717, 1.165) is 36.8 Å². The normalized spacial score (nSPS) is 15.4. The monoisotopic (exact) mass is 416 g/mol. The van der Waals surface area contributed by atoms with E-state index in [0.29, 0.717) is 24.7 Å². The van der Waals surface area contributed by atoms with Gasteiger partial charge >= 0.3 is 0 Å². The van der Waals surface area contributed by atoms with Crippen LogP contribution in [-0.4, -0.2) is 39.5 Å². The van der Waals surface area contributed by atoms with Crippen LogP contribution in [0.25, 0.3) is 0 Å². The van der Waals surface area contributed by atoms with Crippen molar-refractivity contribution < 1.29 is 9.53 Å². The fourth-order valence-corrected chi connectivity index (χ4v) is 4.69. The molecular weight excluding hydrogens is 384 g/mol. The van der Waals surface area contributed by atoms with Crippen molar-refractivity contribution in [1.29, 1.82) is 0 Å². The highest BCUT2D eigenvalue weighted by Gasteiger charge is 2.22. The van der Waals surface area contributed by atoms with Gasteiger partial charge in [0.15, 0.2) is 0 Å². The Hall–Kier alpha value is -1.99. The number of nitrogens with one attached hydrogen (secondary N) is 1. The van der Waals surface area contributed by atoms with Gasteiger partial charge in [-0.05, 0) is 63.6 Å². The van der Waals surface area contributed by atoms with Crippen LogP contribution < -0.4 is 10.1 Å². The van der Waals surface area contributed by atoms with Gasteiger partial charge in [0.25, 0.3) is 5.91 Å². The minimum atomic E-state index is -0.0691. The van der Waals surface area contributed by atoms with Crippen molar-refractivity contribution in [2.45, 2.75) is 58.5 Å². The number of rotatable bonds is 8. The molecule has 2 aromatic rings. The number of piperidine rings is 1. The summed E-state index contributed by atoms with van der Waals surface area (Å²) >= 11 is 1.79. The number of carbonyl (C=O) groups excluding carboxylic acids is 1. The van der Waals surface area contributed by atoms with Gasteiger partial charge in [-0.15, -0.1) is 0 Å². The second-order valence-corrected chi connectivity index (χ2v) is 8.65. The van der Waals surface area contributed by atoms with Gasteiger partial charge in [-0.25, -0.2) is 9.29 Å². The van der Waals surface area contributed by atoms with E-state index < -0.39 is 0 Å². The first kappa shape index (κ1) is 21.7. The second-order valence-electron chi connectivity index (χ2n) is 7.51. The molecule has 3 rings (SSSR count). The fourth-order valence-electron chi connectivity index (χ4n) is 3.61. The molecule has 6 nitrogen and oxygen atoms in total. The molecule has 0 atom stereocenters. The molecule has 1 N–H and O–H groups in total. The van der Waals surface area contributed by atoms with E-state index in [1.807, 2.05) is 25.1 Å². The number of hydrogen-bond acceptors (Lipinski definition) is 5. The molecule has 1 aliphatic heterocycles. The van der Waals surface area contributed by atoms with Crippen molar-refractivity contribution >= 4 is 17.9 Å². The van der Waals surface area contributed by atoms with Crippen LogP contribution in [0.5, 0.6) is 5.88 Å². The first-order valence-electron chi connectivity index (χ1n) is 10.5. The average Bonchev–Trinajstić information content (AvgIpc) is 3.04. The summed E-state index contributed by atoms with van der Waals surface area (Å²) in [4.78, 5) is 18.4. The maximum absolute atomic E-state index is 13.0. The predicted molar refractivity (Wildman–Crippen MR) is 117 cm³/mol. The van der Waals surface area contributed by atoms with Crippen molar-refractivity contribution in [3.8, 4) is 5.88 Å². The molecule has 0 saturated carbocycles. The Labute approximate surface area is 178 Å². The Bertz CT molecular complexity index is 828. The van der Waals surface area contributed by atoms with E-state index in [-0.39, 0.29) is 5.91 Å². The first-order chi connectivity index (χ1) is 14.0. The topological polar surface area (TPSA) is 59.4 Å². The lowest BCUT2D eigenvalue weighted by molar-refractivity contribution is 0.0941. The largest absolute Gasteiger partial charge is 0.478 e. The number of carbonyl (C=O) groups is 1. The summed E-state index contributed by atoms with van der Waals surface area (Å²) in [7, 11) is 0. The quantitative estimate of drug-likeness (QED) is 0.651. The SMILES string of the molecule is CCOc1ncccc1CNC(=O)c1cc(SN2CCC(C)CC2)c(C)n1CC. The van der Waals surface area contributed by atoms with Gasteiger partial charge in [0, 0.05) is 48.5 Å². The van der Waals surface area contributed by atoms with E-state index in [4.69, 9.17) is 4.74 Å². The van der Waals surface area contributed by atoms with Gasteiger partial charge in [0.05, 0.1) is 6.61 Å². The van der Waals surface area contributed by atoms with E-state index in [1.54, 1.807) is 18.1 Å².